The number of hydrogen-bond acceptors (Lipinski definition) is 2. The first kappa shape index (κ1) is 22.7. The molecule has 1 aromatic heterocycles. The van der Waals surface area contributed by atoms with Gasteiger partial charge >= 0.3 is 0 Å². The molecule has 0 unspecified atom stereocenters. The molecule has 1 saturated heterocycles. The van der Waals surface area contributed by atoms with Gasteiger partial charge in [-0.15, -0.1) is 0 Å². The fraction of sp³-hybridized carbons (Fsp3) is 0.458. The van der Waals surface area contributed by atoms with Crippen LogP contribution < -0.4 is 10.6 Å². The summed E-state index contributed by atoms with van der Waals surface area (Å²) in [4.78, 5) is 5.80. The first-order chi connectivity index (χ1) is 12.9. The van der Waals surface area contributed by atoms with Gasteiger partial charge in [0.15, 0.2) is 0 Å². The summed E-state index contributed by atoms with van der Waals surface area (Å²) >= 11 is 0. The maximum Gasteiger partial charge on any atom is 0.0627 e. The Morgan fingerprint density at radius 2 is 1.96 bits per heavy atom. The van der Waals surface area contributed by atoms with Crippen LogP contribution in [0.15, 0.2) is 24.8 Å². The van der Waals surface area contributed by atoms with E-state index in [-0.39, 0.29) is 5.41 Å². The molecule has 0 atom stereocenters. The summed E-state index contributed by atoms with van der Waals surface area (Å²) in [6.07, 6.45) is 10.8. The van der Waals surface area contributed by atoms with Gasteiger partial charge in [0.05, 0.1) is 6.07 Å². The molecule has 0 spiro atoms. The molecule has 2 rings (SSSR count). The Morgan fingerprint density at radius 1 is 1.33 bits per heavy atom. The summed E-state index contributed by atoms with van der Waals surface area (Å²) in [5.41, 5.74) is 3.32. The molecule has 1 fully saturated rings. The SMILES string of the molecule is C=Cc1[nH]/c(=C/C(=C)CN2CCC(C)(CC#N)CC2)c(=C)c1/C=C\C.CC. The average Bonchev–Trinajstić information content (AvgIpc) is 2.95. The summed E-state index contributed by atoms with van der Waals surface area (Å²) in [7, 11) is 0. The predicted molar refractivity (Wildman–Crippen MR) is 119 cm³/mol. The number of aromatic amines is 1. The van der Waals surface area contributed by atoms with Gasteiger partial charge in [0.2, 0.25) is 0 Å². The molecule has 146 valence electrons. The van der Waals surface area contributed by atoms with E-state index in [1.54, 1.807) is 0 Å². The van der Waals surface area contributed by atoms with Gasteiger partial charge in [-0.05, 0) is 56.0 Å². The van der Waals surface area contributed by atoms with Gasteiger partial charge in [-0.3, -0.25) is 4.90 Å². The summed E-state index contributed by atoms with van der Waals surface area (Å²) in [5.74, 6) is 0. The van der Waals surface area contributed by atoms with Crippen molar-refractivity contribution in [3.8, 4) is 6.07 Å². The number of hydrogen-bond donors (Lipinski definition) is 1. The molecule has 3 nitrogen and oxygen atoms in total. The standard InChI is InChI=1S/C22H29N3.C2H6/c1-6-8-19-18(4)21(24-20(19)7-2)15-17(3)16-25-13-10-22(5,9-12-23)11-14-25;1-2/h6-8,15,24H,2-4,9-11,13-14,16H2,1,5H3;1-2H3/b8-6-,21-15+;. The van der Waals surface area contributed by atoms with Crippen molar-refractivity contribution in [3.63, 3.8) is 0 Å². The Balaban J connectivity index is 0.00000176. The predicted octanol–water partition coefficient (Wildman–Crippen LogP) is 4.48. The van der Waals surface area contributed by atoms with Gasteiger partial charge < -0.3 is 4.98 Å². The third kappa shape index (κ3) is 6.12. The third-order valence-corrected chi connectivity index (χ3v) is 5.09. The normalized spacial score (nSPS) is 17.2. The van der Waals surface area contributed by atoms with E-state index in [1.165, 1.54) is 0 Å². The Kier molecular flexibility index (Phi) is 9.05. The zero-order chi connectivity index (χ0) is 20.4. The lowest BCUT2D eigenvalue weighted by Crippen LogP contribution is -2.39. The lowest BCUT2D eigenvalue weighted by atomic mass is 9.78. The van der Waals surface area contributed by atoms with Crippen LogP contribution in [0.1, 0.15) is 58.2 Å². The third-order valence-electron chi connectivity index (χ3n) is 5.09. The molecule has 1 aliphatic heterocycles. The molecule has 1 aliphatic rings. The molecule has 3 heteroatoms. The number of nitrogens with zero attached hydrogens (tertiary/aromatic N) is 2. The molecule has 1 N–H and O–H groups in total. The molecule has 2 heterocycles. The minimum absolute atomic E-state index is 0.177. The lowest BCUT2D eigenvalue weighted by molar-refractivity contribution is 0.130. The van der Waals surface area contributed by atoms with Crippen LogP contribution in [-0.2, 0) is 0 Å². The number of rotatable bonds is 6. The maximum atomic E-state index is 8.96. The molecule has 27 heavy (non-hydrogen) atoms. The minimum Gasteiger partial charge on any atom is -0.355 e. The van der Waals surface area contributed by atoms with Crippen molar-refractivity contribution in [2.45, 2.75) is 47.0 Å². The number of nitrogens with one attached hydrogen (secondary N) is 1. The van der Waals surface area contributed by atoms with Gasteiger partial charge in [-0.1, -0.05) is 52.7 Å². The molecule has 0 saturated carbocycles. The summed E-state index contributed by atoms with van der Waals surface area (Å²) < 4.78 is 0. The smallest absolute Gasteiger partial charge is 0.0627 e. The number of H-pyrrole nitrogens is 1. The fourth-order valence-electron chi connectivity index (χ4n) is 3.39. The molecular formula is C24H35N3. The van der Waals surface area contributed by atoms with Gasteiger partial charge in [0.25, 0.3) is 0 Å². The summed E-state index contributed by atoms with van der Waals surface area (Å²) in [5, 5.41) is 10.9. The van der Waals surface area contributed by atoms with Crippen LogP contribution in [0.4, 0.5) is 0 Å². The first-order valence-electron chi connectivity index (χ1n) is 9.87. The van der Waals surface area contributed by atoms with Gasteiger partial charge in [0, 0.05) is 34.8 Å². The Morgan fingerprint density at radius 3 is 2.48 bits per heavy atom. The van der Waals surface area contributed by atoms with E-state index < -0.39 is 0 Å². The summed E-state index contributed by atoms with van der Waals surface area (Å²) in [6, 6.07) is 2.33. The highest BCUT2D eigenvalue weighted by molar-refractivity contribution is 5.64. The minimum atomic E-state index is 0.177. The number of likely N-dealkylation sites (tertiary alicyclic amines) is 1. The van der Waals surface area contributed by atoms with E-state index in [4.69, 9.17) is 5.26 Å². The fourth-order valence-corrected chi connectivity index (χ4v) is 3.39. The van der Waals surface area contributed by atoms with Crippen molar-refractivity contribution in [3.05, 3.63) is 46.6 Å². The number of piperidine rings is 1. The number of allylic oxidation sites excluding steroid dienone is 1. The molecule has 0 radical (unpaired) electrons. The van der Waals surface area contributed by atoms with Crippen LogP contribution in [0.3, 0.4) is 0 Å². The second kappa shape index (κ2) is 10.7. The monoisotopic (exact) mass is 365 g/mol. The van der Waals surface area contributed by atoms with Crippen molar-refractivity contribution < 1.29 is 0 Å². The quantitative estimate of drug-likeness (QED) is 0.808. The second-order valence-corrected chi connectivity index (χ2v) is 7.27. The molecule has 0 aromatic carbocycles. The zero-order valence-corrected chi connectivity index (χ0v) is 17.6. The zero-order valence-electron chi connectivity index (χ0n) is 17.6. The highest BCUT2D eigenvalue weighted by Crippen LogP contribution is 2.33. The van der Waals surface area contributed by atoms with Crippen molar-refractivity contribution in [1.82, 2.24) is 9.88 Å². The second-order valence-electron chi connectivity index (χ2n) is 7.27. The Bertz CT molecular complexity index is 809. The Hall–Kier alpha value is -2.31. The van der Waals surface area contributed by atoms with E-state index in [0.29, 0.717) is 6.42 Å². The van der Waals surface area contributed by atoms with Crippen LogP contribution in [-0.4, -0.2) is 29.5 Å². The first-order valence-corrected chi connectivity index (χ1v) is 9.87. The molecule has 0 bridgehead atoms. The van der Waals surface area contributed by atoms with Crippen LogP contribution in [0.5, 0.6) is 0 Å². The maximum absolute atomic E-state index is 8.96. The van der Waals surface area contributed by atoms with Crippen molar-refractivity contribution in [2.24, 2.45) is 5.41 Å². The van der Waals surface area contributed by atoms with Crippen LogP contribution >= 0.6 is 0 Å². The molecule has 1 aromatic rings. The number of nitriles is 1. The molecule has 0 aliphatic carbocycles. The van der Waals surface area contributed by atoms with E-state index in [2.05, 4.69) is 54.8 Å². The van der Waals surface area contributed by atoms with Gasteiger partial charge in [-0.25, -0.2) is 0 Å². The van der Waals surface area contributed by atoms with E-state index in [0.717, 1.165) is 59.9 Å². The van der Waals surface area contributed by atoms with Crippen molar-refractivity contribution in [1.29, 1.82) is 5.26 Å². The van der Waals surface area contributed by atoms with E-state index >= 15 is 0 Å². The Labute approximate surface area is 165 Å². The van der Waals surface area contributed by atoms with Crippen LogP contribution in [0.2, 0.25) is 0 Å². The van der Waals surface area contributed by atoms with E-state index in [1.807, 2.05) is 32.9 Å². The van der Waals surface area contributed by atoms with Crippen LogP contribution in [0.25, 0.3) is 24.8 Å². The topological polar surface area (TPSA) is 42.8 Å². The largest absolute Gasteiger partial charge is 0.355 e. The van der Waals surface area contributed by atoms with E-state index in [9.17, 15) is 0 Å². The highest BCUT2D eigenvalue weighted by Gasteiger charge is 2.29. The van der Waals surface area contributed by atoms with Crippen molar-refractivity contribution in [2.75, 3.05) is 19.6 Å². The average molecular weight is 366 g/mol. The van der Waals surface area contributed by atoms with Crippen LogP contribution in [0, 0.1) is 16.7 Å². The molecular weight excluding hydrogens is 330 g/mol. The number of aromatic nitrogens is 1. The van der Waals surface area contributed by atoms with Crippen molar-refractivity contribution >= 4 is 24.8 Å². The molecule has 0 amide bonds. The summed E-state index contributed by atoms with van der Waals surface area (Å²) in [6.45, 7) is 23.4. The van der Waals surface area contributed by atoms with Gasteiger partial charge in [-0.2, -0.15) is 5.26 Å². The lowest BCUT2D eigenvalue weighted by Gasteiger charge is -2.38. The highest BCUT2D eigenvalue weighted by atomic mass is 15.1. The van der Waals surface area contributed by atoms with Gasteiger partial charge in [0.1, 0.15) is 0 Å².